The highest BCUT2D eigenvalue weighted by Gasteiger charge is 2.42. The third-order valence-corrected chi connectivity index (χ3v) is 10.7. The number of ether oxygens (including phenoxy) is 1. The zero-order valence-electron chi connectivity index (χ0n) is 33.2. The molecule has 5 aromatic rings. The van der Waals surface area contributed by atoms with Crippen LogP contribution in [0.25, 0.3) is 27.9 Å². The number of nitrogens with zero attached hydrogens (tertiary/aromatic N) is 2. The van der Waals surface area contributed by atoms with Crippen LogP contribution in [0.3, 0.4) is 0 Å². The number of aryl methyl sites for hydroxylation is 3. The Kier molecular flexibility index (Phi) is 12.5. The summed E-state index contributed by atoms with van der Waals surface area (Å²) in [5.41, 5.74) is 8.59. The molecule has 0 spiro atoms. The molecule has 0 N–H and O–H groups in total. The molecule has 1 heterocycles. The fraction of sp³-hybridized carbons (Fsp3) is 0.340. The number of ketones is 1. The molecule has 6 nitrogen and oxygen atoms in total. The number of hydrogen-bond donors (Lipinski definition) is 0. The van der Waals surface area contributed by atoms with Crippen LogP contribution in [0.5, 0.6) is 5.75 Å². The molecule has 1 aliphatic carbocycles. The predicted octanol–water partition coefficient (Wildman–Crippen LogP) is 11.9. The van der Waals surface area contributed by atoms with Crippen molar-refractivity contribution in [3.8, 4) is 5.75 Å². The van der Waals surface area contributed by atoms with E-state index in [4.69, 9.17) is 9.57 Å². The number of rotatable bonds is 15. The van der Waals surface area contributed by atoms with Gasteiger partial charge in [0, 0.05) is 52.0 Å². The first-order valence-electron chi connectivity index (χ1n) is 19.5. The topological polar surface area (TPSA) is 69.9 Å². The van der Waals surface area contributed by atoms with Gasteiger partial charge in [-0.15, -0.1) is 0 Å². The quantitative estimate of drug-likeness (QED) is 0.0349. The summed E-state index contributed by atoms with van der Waals surface area (Å²) in [7, 11) is 0. The number of alkyl halides is 4. The second-order valence-corrected chi connectivity index (χ2v) is 14.9. The fourth-order valence-electron chi connectivity index (χ4n) is 7.94. The molecule has 0 amide bonds. The van der Waals surface area contributed by atoms with Crippen LogP contribution in [0.1, 0.15) is 101 Å². The molecule has 0 saturated heterocycles. The van der Waals surface area contributed by atoms with Crippen molar-refractivity contribution >= 4 is 45.3 Å². The summed E-state index contributed by atoms with van der Waals surface area (Å²) in [4.78, 5) is 32.0. The summed E-state index contributed by atoms with van der Waals surface area (Å²) in [5, 5.41) is 5.81. The van der Waals surface area contributed by atoms with Crippen LogP contribution in [0, 0.1) is 26.7 Å². The third kappa shape index (κ3) is 8.60. The number of carbonyl (C=O) groups excluding carboxylic acids is 2. The van der Waals surface area contributed by atoms with E-state index in [0.717, 1.165) is 81.9 Å². The van der Waals surface area contributed by atoms with E-state index in [1.165, 1.54) is 25.1 Å². The van der Waals surface area contributed by atoms with Crippen molar-refractivity contribution in [1.29, 1.82) is 0 Å². The highest BCUT2D eigenvalue weighted by Crippen LogP contribution is 2.40. The van der Waals surface area contributed by atoms with Crippen LogP contribution in [0.4, 0.5) is 17.6 Å². The first-order valence-corrected chi connectivity index (χ1v) is 19.5. The predicted molar refractivity (Wildman–Crippen MR) is 219 cm³/mol. The number of halogens is 4. The molecule has 1 unspecified atom stereocenters. The molecule has 1 aromatic heterocycles. The summed E-state index contributed by atoms with van der Waals surface area (Å²) >= 11 is 0. The molecule has 57 heavy (non-hydrogen) atoms. The summed E-state index contributed by atoms with van der Waals surface area (Å²) in [6.45, 7) is 10.7. The Labute approximate surface area is 330 Å². The average Bonchev–Trinajstić information content (AvgIpc) is 3.28. The molecule has 0 radical (unpaired) electrons. The minimum atomic E-state index is -4.40. The Morgan fingerprint density at radius 3 is 2.35 bits per heavy atom. The normalized spacial score (nSPS) is 13.6. The van der Waals surface area contributed by atoms with E-state index >= 15 is 0 Å². The van der Waals surface area contributed by atoms with Gasteiger partial charge in [-0.1, -0.05) is 98.5 Å². The Morgan fingerprint density at radius 1 is 0.930 bits per heavy atom. The van der Waals surface area contributed by atoms with Gasteiger partial charge >= 0.3 is 18.3 Å². The maximum absolute atomic E-state index is 14.8. The Bertz CT molecular complexity index is 2400. The lowest BCUT2D eigenvalue weighted by Gasteiger charge is -2.20. The summed E-state index contributed by atoms with van der Waals surface area (Å²) in [6, 6.07) is 17.7. The molecular formula is C47H48F4N2O4. The lowest BCUT2D eigenvalue weighted by Crippen LogP contribution is -2.34. The Balaban J connectivity index is 1.64. The number of allylic oxidation sites excluding steroid dienone is 3. The highest BCUT2D eigenvalue weighted by atomic mass is 19.3. The van der Waals surface area contributed by atoms with Crippen molar-refractivity contribution in [2.24, 2.45) is 11.1 Å². The number of unbranched alkanes of at least 4 members (excludes halogenated alkanes) is 1. The molecule has 4 aromatic carbocycles. The SMILES string of the molecule is CCCCC(CC)Cn1c2ccc(/C(=N\OC(C)=O)c3ccccc3OCC(F)(F)C(F)F)cc2c2cc(C(=O)c3c(C)cc(C)cc3C)c3c(c21)CC=CC=C3. The number of hydrogen-bond acceptors (Lipinski definition) is 5. The van der Waals surface area contributed by atoms with Gasteiger partial charge < -0.3 is 14.1 Å². The summed E-state index contributed by atoms with van der Waals surface area (Å²) in [5.74, 6) is -4.97. The second kappa shape index (κ2) is 17.3. The van der Waals surface area contributed by atoms with Crippen LogP contribution in [-0.4, -0.2) is 41.0 Å². The van der Waals surface area contributed by atoms with Crippen molar-refractivity contribution in [1.82, 2.24) is 4.57 Å². The molecule has 0 saturated carbocycles. The molecule has 298 valence electrons. The van der Waals surface area contributed by atoms with Gasteiger partial charge in [-0.05, 0) is 92.1 Å². The van der Waals surface area contributed by atoms with Crippen LogP contribution >= 0.6 is 0 Å². The number of carbonyl (C=O) groups is 2. The smallest absolute Gasteiger partial charge is 0.340 e. The first kappa shape index (κ1) is 41.1. The maximum atomic E-state index is 14.8. The van der Waals surface area contributed by atoms with Gasteiger partial charge in [-0.2, -0.15) is 8.78 Å². The van der Waals surface area contributed by atoms with Gasteiger partial charge in [-0.3, -0.25) is 4.79 Å². The van der Waals surface area contributed by atoms with Crippen molar-refractivity contribution in [3.05, 3.63) is 129 Å². The molecule has 10 heteroatoms. The van der Waals surface area contributed by atoms with E-state index in [-0.39, 0.29) is 22.8 Å². The van der Waals surface area contributed by atoms with Crippen LogP contribution in [-0.2, 0) is 22.6 Å². The molecule has 6 rings (SSSR count). The van der Waals surface area contributed by atoms with Gasteiger partial charge in [-0.25, -0.2) is 13.6 Å². The maximum Gasteiger partial charge on any atom is 0.340 e. The lowest BCUT2D eigenvalue weighted by atomic mass is 9.87. The minimum absolute atomic E-state index is 0.0705. The zero-order valence-corrected chi connectivity index (χ0v) is 33.2. The first-order chi connectivity index (χ1) is 27.2. The lowest BCUT2D eigenvalue weighted by molar-refractivity contribution is -0.148. The number of fused-ring (bicyclic) bond motifs is 5. The van der Waals surface area contributed by atoms with Crippen molar-refractivity contribution in [2.45, 2.75) is 92.5 Å². The number of oxime groups is 1. The summed E-state index contributed by atoms with van der Waals surface area (Å²) < 4.78 is 62.0. The highest BCUT2D eigenvalue weighted by molar-refractivity contribution is 6.21. The standard InChI is InChI=1S/C47H48F4N2O4/c1-7-9-15-32(8-2)26-53-40-21-20-33(43(52-57-31(6)54)36-18-13-14-19-41(36)56-27-47(50,51)46(48)49)24-37(40)38-25-39(34-16-11-10-12-17-35(34)44(38)53)45(55)42-29(4)22-28(3)23-30(42)5/h10-14,16,18-25,32,46H,7-9,15,17,26-27H2,1-6H3/b52-43+. The zero-order chi connectivity index (χ0) is 41.0. The van der Waals surface area contributed by atoms with E-state index < -0.39 is 24.9 Å². The molecule has 0 aliphatic heterocycles. The van der Waals surface area contributed by atoms with Crippen LogP contribution in [0.15, 0.2) is 84.0 Å². The van der Waals surface area contributed by atoms with E-state index in [2.05, 4.69) is 29.6 Å². The van der Waals surface area contributed by atoms with E-state index in [1.54, 1.807) is 12.1 Å². The van der Waals surface area contributed by atoms with Crippen molar-refractivity contribution < 1.29 is 36.7 Å². The third-order valence-electron chi connectivity index (χ3n) is 10.7. The monoisotopic (exact) mass is 780 g/mol. The molecule has 1 aliphatic rings. The number of para-hydroxylation sites is 1. The second-order valence-electron chi connectivity index (χ2n) is 14.9. The van der Waals surface area contributed by atoms with Gasteiger partial charge in [0.25, 0.3) is 0 Å². The van der Waals surface area contributed by atoms with E-state index in [9.17, 15) is 27.2 Å². The number of aromatic nitrogens is 1. The Hall–Kier alpha value is -5.51. The van der Waals surface area contributed by atoms with Gasteiger partial charge in [0.15, 0.2) is 12.4 Å². The van der Waals surface area contributed by atoms with E-state index in [1.807, 2.05) is 69.3 Å². The van der Waals surface area contributed by atoms with Crippen molar-refractivity contribution in [3.63, 3.8) is 0 Å². The van der Waals surface area contributed by atoms with Crippen molar-refractivity contribution in [2.75, 3.05) is 6.61 Å². The minimum Gasteiger partial charge on any atom is -0.486 e. The Morgan fingerprint density at radius 2 is 1.67 bits per heavy atom. The summed E-state index contributed by atoms with van der Waals surface area (Å²) in [6.07, 6.45) is 8.95. The fourth-order valence-corrected chi connectivity index (χ4v) is 7.94. The van der Waals surface area contributed by atoms with Crippen LogP contribution < -0.4 is 4.74 Å². The number of benzene rings is 4. The molecular weight excluding hydrogens is 733 g/mol. The molecule has 0 bridgehead atoms. The average molecular weight is 781 g/mol. The van der Waals surface area contributed by atoms with Gasteiger partial charge in [0.2, 0.25) is 0 Å². The van der Waals surface area contributed by atoms with Gasteiger partial charge in [0.1, 0.15) is 11.5 Å². The van der Waals surface area contributed by atoms with E-state index in [0.29, 0.717) is 29.0 Å². The van der Waals surface area contributed by atoms with Crippen LogP contribution in [0.2, 0.25) is 0 Å². The molecule has 1 atom stereocenters. The van der Waals surface area contributed by atoms with Gasteiger partial charge in [0.05, 0.1) is 5.52 Å². The largest absolute Gasteiger partial charge is 0.486 e. The molecule has 0 fully saturated rings.